The Morgan fingerprint density at radius 1 is 1.04 bits per heavy atom. The quantitative estimate of drug-likeness (QED) is 0.270. The van der Waals surface area contributed by atoms with Gasteiger partial charge in [0.15, 0.2) is 0 Å². The van der Waals surface area contributed by atoms with E-state index < -0.39 is 6.10 Å². The molecular formula is C20H36INO4. The molecule has 0 radical (unpaired) electrons. The second kappa shape index (κ2) is 8.91. The number of nitrogens with zero attached hydrogens (tertiary/aromatic N) is 1. The Morgan fingerprint density at radius 2 is 1.62 bits per heavy atom. The number of hydrogen-bond donors (Lipinski definition) is 1. The van der Waals surface area contributed by atoms with Gasteiger partial charge in [-0.1, -0.05) is 0 Å². The molecule has 0 aromatic rings. The fraction of sp³-hybridized carbons (Fsp3) is 1.00. The highest BCUT2D eigenvalue weighted by atomic mass is 127. The number of likely N-dealkylation sites (N-methyl/N-ethyl adjacent to an activating group) is 1. The van der Waals surface area contributed by atoms with Crippen molar-refractivity contribution in [2.75, 3.05) is 59.7 Å². The standard InChI is InChI=1S/C20H36NO4.HI/c1-21(2-4-23-5-3-21)14-19(22)15-24-6-7-25-20-11-16-8-17(12-20)10-18(9-16)13-20;/h16-19,22H,2-15H2,1H3;1H/q+1;/p-1. The molecule has 0 spiro atoms. The molecule has 1 aliphatic heterocycles. The monoisotopic (exact) mass is 481 g/mol. The van der Waals surface area contributed by atoms with Crippen molar-refractivity contribution in [3.05, 3.63) is 0 Å². The molecular weight excluding hydrogens is 445 g/mol. The Hall–Kier alpha value is 0.530. The SMILES string of the molecule is C[N+]1(CC(O)COCCOC23CC4CC(CC(C4)C2)C3)CCOCC1.[I-]. The third kappa shape index (κ3) is 5.11. The average molecular weight is 481 g/mol. The zero-order valence-electron chi connectivity index (χ0n) is 16.2. The van der Waals surface area contributed by atoms with Crippen LogP contribution in [0.4, 0.5) is 0 Å². The molecule has 5 rings (SSSR count). The summed E-state index contributed by atoms with van der Waals surface area (Å²) < 4.78 is 18.4. The molecule has 152 valence electrons. The minimum atomic E-state index is -0.400. The highest BCUT2D eigenvalue weighted by Crippen LogP contribution is 2.57. The van der Waals surface area contributed by atoms with E-state index in [1.54, 1.807) is 0 Å². The van der Waals surface area contributed by atoms with Gasteiger partial charge in [0.05, 0.1) is 45.7 Å². The van der Waals surface area contributed by atoms with Gasteiger partial charge in [-0.2, -0.15) is 0 Å². The number of aliphatic hydroxyl groups excluding tert-OH is 1. The van der Waals surface area contributed by atoms with Crippen LogP contribution in [0, 0.1) is 17.8 Å². The number of rotatable bonds is 8. The molecule has 5 fully saturated rings. The minimum absolute atomic E-state index is 0. The van der Waals surface area contributed by atoms with E-state index in [0.717, 1.165) is 55.1 Å². The van der Waals surface area contributed by atoms with Crippen LogP contribution >= 0.6 is 0 Å². The molecule has 1 unspecified atom stereocenters. The first-order valence-corrected chi connectivity index (χ1v) is 10.4. The lowest BCUT2D eigenvalue weighted by Gasteiger charge is -2.56. The zero-order chi connectivity index (χ0) is 17.3. The van der Waals surface area contributed by atoms with Crippen LogP contribution in [0.3, 0.4) is 0 Å². The summed E-state index contributed by atoms with van der Waals surface area (Å²) in [4.78, 5) is 0. The molecule has 1 heterocycles. The van der Waals surface area contributed by atoms with Gasteiger partial charge in [-0.25, -0.2) is 0 Å². The van der Waals surface area contributed by atoms with Gasteiger partial charge in [-0.15, -0.1) is 0 Å². The largest absolute Gasteiger partial charge is 1.00 e. The Kier molecular flexibility index (Phi) is 7.28. The molecule has 6 heteroatoms. The molecule has 1 saturated heterocycles. The predicted octanol–water partition coefficient (Wildman–Crippen LogP) is -1.17. The second-order valence-electron chi connectivity index (χ2n) is 9.54. The van der Waals surface area contributed by atoms with Crippen molar-refractivity contribution in [2.45, 2.75) is 50.2 Å². The van der Waals surface area contributed by atoms with E-state index in [4.69, 9.17) is 14.2 Å². The zero-order valence-corrected chi connectivity index (χ0v) is 18.4. The summed E-state index contributed by atoms with van der Waals surface area (Å²) in [5.41, 5.74) is 0.170. The maximum Gasteiger partial charge on any atom is 0.126 e. The number of morpholine rings is 1. The van der Waals surface area contributed by atoms with Crippen LogP contribution in [0.15, 0.2) is 0 Å². The van der Waals surface area contributed by atoms with Crippen LogP contribution in [-0.4, -0.2) is 81.0 Å². The first-order chi connectivity index (χ1) is 12.0. The van der Waals surface area contributed by atoms with E-state index in [0.29, 0.717) is 19.8 Å². The third-order valence-electron chi connectivity index (χ3n) is 7.13. The topological polar surface area (TPSA) is 47.9 Å². The first kappa shape index (κ1) is 21.2. The molecule has 0 amide bonds. The van der Waals surface area contributed by atoms with Crippen molar-refractivity contribution in [3.63, 3.8) is 0 Å². The van der Waals surface area contributed by atoms with E-state index in [-0.39, 0.29) is 29.6 Å². The first-order valence-electron chi connectivity index (χ1n) is 10.4. The summed E-state index contributed by atoms with van der Waals surface area (Å²) in [6, 6.07) is 0. The summed E-state index contributed by atoms with van der Waals surface area (Å²) in [5.74, 6) is 2.77. The molecule has 1 atom stereocenters. The molecule has 1 N–H and O–H groups in total. The number of aliphatic hydroxyl groups is 1. The molecule has 0 aromatic heterocycles. The van der Waals surface area contributed by atoms with E-state index in [9.17, 15) is 5.11 Å². The van der Waals surface area contributed by atoms with Crippen LogP contribution in [0.5, 0.6) is 0 Å². The fourth-order valence-corrected chi connectivity index (χ4v) is 6.27. The van der Waals surface area contributed by atoms with Crippen molar-refractivity contribution < 1.29 is 47.8 Å². The summed E-state index contributed by atoms with van der Waals surface area (Å²) in [5, 5.41) is 10.3. The number of hydrogen-bond acceptors (Lipinski definition) is 4. The van der Waals surface area contributed by atoms with Gasteiger partial charge in [-0.3, -0.25) is 0 Å². The van der Waals surface area contributed by atoms with Gasteiger partial charge < -0.3 is 47.8 Å². The number of ether oxygens (including phenoxy) is 3. The normalized spacial score (nSPS) is 38.8. The van der Waals surface area contributed by atoms with Gasteiger partial charge >= 0.3 is 0 Å². The molecule has 4 saturated carbocycles. The summed E-state index contributed by atoms with van der Waals surface area (Å²) in [6.07, 6.45) is 7.79. The van der Waals surface area contributed by atoms with Crippen molar-refractivity contribution in [1.82, 2.24) is 0 Å². The van der Waals surface area contributed by atoms with Crippen LogP contribution in [0.1, 0.15) is 38.5 Å². The molecule has 26 heavy (non-hydrogen) atoms. The van der Waals surface area contributed by atoms with Gasteiger partial charge in [0.2, 0.25) is 0 Å². The van der Waals surface area contributed by atoms with Crippen molar-refractivity contribution in [1.29, 1.82) is 0 Å². The number of halogens is 1. The van der Waals surface area contributed by atoms with Crippen molar-refractivity contribution in [3.8, 4) is 0 Å². The minimum Gasteiger partial charge on any atom is -1.00 e. The third-order valence-corrected chi connectivity index (χ3v) is 7.13. The summed E-state index contributed by atoms with van der Waals surface area (Å²) >= 11 is 0. The van der Waals surface area contributed by atoms with Crippen LogP contribution in [0.25, 0.3) is 0 Å². The maximum atomic E-state index is 10.3. The lowest BCUT2D eigenvalue weighted by molar-refractivity contribution is -0.919. The van der Waals surface area contributed by atoms with Crippen LogP contribution in [0.2, 0.25) is 0 Å². The van der Waals surface area contributed by atoms with Crippen LogP contribution < -0.4 is 24.0 Å². The summed E-state index contributed by atoms with van der Waals surface area (Å²) in [6.45, 7) is 5.99. The highest BCUT2D eigenvalue weighted by molar-refractivity contribution is 5.03. The predicted molar refractivity (Wildman–Crippen MR) is 95.3 cm³/mol. The van der Waals surface area contributed by atoms with Gasteiger partial charge in [0.1, 0.15) is 25.7 Å². The lowest BCUT2D eigenvalue weighted by Crippen LogP contribution is -3.00. The molecule has 5 nitrogen and oxygen atoms in total. The van der Waals surface area contributed by atoms with E-state index in [2.05, 4.69) is 7.05 Å². The molecule has 0 aromatic carbocycles. The van der Waals surface area contributed by atoms with E-state index >= 15 is 0 Å². The Bertz CT molecular complexity index is 420. The van der Waals surface area contributed by atoms with Gasteiger partial charge in [-0.05, 0) is 56.3 Å². The molecule has 4 aliphatic carbocycles. The van der Waals surface area contributed by atoms with Crippen molar-refractivity contribution >= 4 is 0 Å². The van der Waals surface area contributed by atoms with Crippen molar-refractivity contribution in [2.24, 2.45) is 17.8 Å². The lowest BCUT2D eigenvalue weighted by atomic mass is 9.54. The molecule has 4 bridgehead atoms. The summed E-state index contributed by atoms with van der Waals surface area (Å²) in [7, 11) is 2.20. The average Bonchev–Trinajstić information content (AvgIpc) is 2.53. The second-order valence-corrected chi connectivity index (χ2v) is 9.54. The van der Waals surface area contributed by atoms with Crippen LogP contribution in [-0.2, 0) is 14.2 Å². The Morgan fingerprint density at radius 3 is 2.19 bits per heavy atom. The molecule has 5 aliphatic rings. The van der Waals surface area contributed by atoms with Gasteiger partial charge in [0.25, 0.3) is 0 Å². The number of quaternary nitrogens is 1. The van der Waals surface area contributed by atoms with Gasteiger partial charge in [0, 0.05) is 0 Å². The Balaban J connectivity index is 0.00000196. The Labute approximate surface area is 175 Å². The van der Waals surface area contributed by atoms with E-state index in [1.807, 2.05) is 0 Å². The maximum absolute atomic E-state index is 10.3. The fourth-order valence-electron chi connectivity index (χ4n) is 6.27. The van der Waals surface area contributed by atoms with E-state index in [1.165, 1.54) is 38.5 Å². The smallest absolute Gasteiger partial charge is 0.126 e. The highest BCUT2D eigenvalue weighted by Gasteiger charge is 2.51.